The number of H-pyrrole nitrogens is 1. The number of esters is 1. The second kappa shape index (κ2) is 10.6. The van der Waals surface area contributed by atoms with E-state index in [-0.39, 0.29) is 18.1 Å². The third-order valence-corrected chi connectivity index (χ3v) is 5.28. The summed E-state index contributed by atoms with van der Waals surface area (Å²) in [7, 11) is 0. The Morgan fingerprint density at radius 2 is 1.79 bits per heavy atom. The number of anilines is 2. The number of ether oxygens (including phenoxy) is 1. The Kier molecular flexibility index (Phi) is 7.66. The van der Waals surface area contributed by atoms with Crippen LogP contribution in [0.2, 0.25) is 0 Å². The minimum Gasteiger partial charge on any atom is -0.452 e. The first-order valence-corrected chi connectivity index (χ1v) is 11.0. The molecule has 0 saturated heterocycles. The van der Waals surface area contributed by atoms with Crippen molar-refractivity contribution >= 4 is 34.2 Å². The van der Waals surface area contributed by atoms with Gasteiger partial charge in [0.2, 0.25) is 0 Å². The number of nitrogen functional groups attached to an aromatic ring is 1. The molecule has 1 aromatic heterocycles. The zero-order valence-electron chi connectivity index (χ0n) is 18.8. The van der Waals surface area contributed by atoms with Crippen LogP contribution < -0.4 is 21.9 Å². The van der Waals surface area contributed by atoms with Gasteiger partial charge in [-0.3, -0.25) is 19.1 Å². The van der Waals surface area contributed by atoms with Crippen molar-refractivity contribution in [1.29, 1.82) is 0 Å². The number of nitrogens with two attached hydrogens (primary N) is 1. The molecule has 1 amide bonds. The molecule has 9 nitrogen and oxygen atoms in total. The van der Waals surface area contributed by atoms with Crippen LogP contribution in [0.3, 0.4) is 0 Å². The molecule has 0 saturated carbocycles. The average Bonchev–Trinajstić information content (AvgIpc) is 2.81. The van der Waals surface area contributed by atoms with Gasteiger partial charge in [0.05, 0.1) is 5.56 Å². The second-order valence-electron chi connectivity index (χ2n) is 7.68. The maximum absolute atomic E-state index is 13.0. The number of hydrogen-bond donors (Lipinski definition) is 2. The summed E-state index contributed by atoms with van der Waals surface area (Å²) in [5.41, 5.74) is 4.94. The summed E-state index contributed by atoms with van der Waals surface area (Å²) in [6, 6.07) is 12.7. The molecule has 2 aromatic carbocycles. The van der Waals surface area contributed by atoms with Gasteiger partial charge in [-0.15, -0.1) is 0 Å². The molecule has 174 valence electrons. The number of carbonyl (C=O) groups excluding carboxylic acids is 2. The summed E-state index contributed by atoms with van der Waals surface area (Å²) in [6.45, 7) is 3.72. The highest BCUT2D eigenvalue weighted by Crippen LogP contribution is 2.19. The predicted molar refractivity (Wildman–Crippen MR) is 128 cm³/mol. The van der Waals surface area contributed by atoms with Gasteiger partial charge < -0.3 is 15.4 Å². The number of aromatic nitrogens is 2. The molecule has 0 atom stereocenters. The molecule has 0 aliphatic heterocycles. The Labute approximate surface area is 190 Å². The molecule has 3 aromatic rings. The van der Waals surface area contributed by atoms with Crippen LogP contribution in [0, 0.1) is 0 Å². The number of hydrogen-bond acceptors (Lipinski definition) is 6. The summed E-state index contributed by atoms with van der Waals surface area (Å²) >= 11 is 0. The normalized spacial score (nSPS) is 10.8. The molecule has 33 heavy (non-hydrogen) atoms. The maximum Gasteiger partial charge on any atom is 0.338 e. The fraction of sp³-hybridized carbons (Fsp3) is 0.333. The van der Waals surface area contributed by atoms with Crippen molar-refractivity contribution in [3.05, 3.63) is 68.9 Å². The summed E-state index contributed by atoms with van der Waals surface area (Å²) in [4.78, 5) is 53.7. The van der Waals surface area contributed by atoms with E-state index in [0.717, 1.165) is 17.2 Å². The Morgan fingerprint density at radius 3 is 2.48 bits per heavy atom. The third-order valence-electron chi connectivity index (χ3n) is 5.28. The van der Waals surface area contributed by atoms with Crippen molar-refractivity contribution in [1.82, 2.24) is 9.55 Å². The largest absolute Gasteiger partial charge is 0.452 e. The second-order valence-corrected chi connectivity index (χ2v) is 7.68. The highest BCUT2D eigenvalue weighted by Gasteiger charge is 2.25. The smallest absolute Gasteiger partial charge is 0.338 e. The Balaban J connectivity index is 1.84. The topological polar surface area (TPSA) is 127 Å². The molecule has 9 heteroatoms. The van der Waals surface area contributed by atoms with Crippen LogP contribution in [0.15, 0.2) is 52.1 Å². The first-order chi connectivity index (χ1) is 15.9. The molecular weight excluding hydrogens is 424 g/mol. The third kappa shape index (κ3) is 5.31. The molecule has 3 N–H and O–H groups in total. The van der Waals surface area contributed by atoms with Crippen LogP contribution in [0.25, 0.3) is 10.8 Å². The van der Waals surface area contributed by atoms with Crippen LogP contribution in [-0.4, -0.2) is 34.6 Å². The van der Waals surface area contributed by atoms with Gasteiger partial charge in [-0.2, -0.15) is 0 Å². The highest BCUT2D eigenvalue weighted by atomic mass is 16.5. The lowest BCUT2D eigenvalue weighted by molar-refractivity contribution is -0.121. The molecule has 1 heterocycles. The minimum atomic E-state index is -0.754. The minimum absolute atomic E-state index is 0.0871. The lowest BCUT2D eigenvalue weighted by Gasteiger charge is -2.24. The first kappa shape index (κ1) is 23.8. The van der Waals surface area contributed by atoms with Gasteiger partial charge in [0, 0.05) is 13.1 Å². The van der Waals surface area contributed by atoms with Gasteiger partial charge in [-0.25, -0.2) is 9.59 Å². The highest BCUT2D eigenvalue weighted by molar-refractivity contribution is 5.99. The van der Waals surface area contributed by atoms with E-state index in [2.05, 4.69) is 4.98 Å². The van der Waals surface area contributed by atoms with Crippen molar-refractivity contribution in [2.24, 2.45) is 0 Å². The number of carbonyl (C=O) groups is 2. The maximum atomic E-state index is 13.0. The Bertz CT molecular complexity index is 1280. The fourth-order valence-corrected chi connectivity index (χ4v) is 3.57. The quantitative estimate of drug-likeness (QED) is 0.481. The first-order valence-electron chi connectivity index (χ1n) is 11.0. The van der Waals surface area contributed by atoms with Gasteiger partial charge in [-0.05, 0) is 35.7 Å². The van der Waals surface area contributed by atoms with Crippen molar-refractivity contribution in [3.63, 3.8) is 0 Å². The van der Waals surface area contributed by atoms with Crippen molar-refractivity contribution in [2.45, 2.75) is 39.7 Å². The molecule has 0 spiro atoms. The fourth-order valence-electron chi connectivity index (χ4n) is 3.57. The number of amides is 1. The zero-order chi connectivity index (χ0) is 24.0. The lowest BCUT2D eigenvalue weighted by Crippen LogP contribution is -2.43. The van der Waals surface area contributed by atoms with Gasteiger partial charge in [0.15, 0.2) is 12.3 Å². The van der Waals surface area contributed by atoms with E-state index in [1.54, 1.807) is 18.2 Å². The number of fused-ring (bicyclic) bond motifs is 1. The van der Waals surface area contributed by atoms with Crippen molar-refractivity contribution < 1.29 is 14.3 Å². The average molecular weight is 453 g/mol. The molecular formula is C24H28N4O5. The Hall–Kier alpha value is -3.88. The van der Waals surface area contributed by atoms with Gasteiger partial charge in [0.1, 0.15) is 5.82 Å². The van der Waals surface area contributed by atoms with Crippen LogP contribution in [0.4, 0.5) is 11.5 Å². The van der Waals surface area contributed by atoms with Gasteiger partial charge in [0.25, 0.3) is 11.5 Å². The predicted octanol–water partition coefficient (Wildman–Crippen LogP) is 2.67. The summed E-state index contributed by atoms with van der Waals surface area (Å²) in [6.07, 6.45) is 1.96. The lowest BCUT2D eigenvalue weighted by atomic mass is 10.1. The Morgan fingerprint density at radius 1 is 1.06 bits per heavy atom. The molecule has 0 aliphatic rings. The van der Waals surface area contributed by atoms with Crippen LogP contribution in [-0.2, 0) is 16.1 Å². The van der Waals surface area contributed by atoms with E-state index in [9.17, 15) is 19.2 Å². The number of unbranched alkanes of at least 4 members (excludes halogenated alkanes) is 1. The van der Waals surface area contributed by atoms with Gasteiger partial charge in [-0.1, -0.05) is 50.6 Å². The van der Waals surface area contributed by atoms with Gasteiger partial charge >= 0.3 is 11.7 Å². The van der Waals surface area contributed by atoms with E-state index in [0.29, 0.717) is 24.9 Å². The van der Waals surface area contributed by atoms with Crippen LogP contribution in [0.1, 0.15) is 43.5 Å². The van der Waals surface area contributed by atoms with E-state index >= 15 is 0 Å². The van der Waals surface area contributed by atoms with Crippen LogP contribution >= 0.6 is 0 Å². The van der Waals surface area contributed by atoms with E-state index < -0.39 is 29.7 Å². The monoisotopic (exact) mass is 452 g/mol. The van der Waals surface area contributed by atoms with E-state index in [4.69, 9.17) is 10.5 Å². The molecule has 0 unspecified atom stereocenters. The number of benzene rings is 2. The summed E-state index contributed by atoms with van der Waals surface area (Å²) in [5.74, 6) is -1.34. The number of nitrogens with zero attached hydrogens (tertiary/aromatic N) is 2. The molecule has 0 fully saturated rings. The molecule has 3 rings (SSSR count). The number of nitrogens with one attached hydrogen (secondary N) is 1. The van der Waals surface area contributed by atoms with Crippen molar-refractivity contribution in [3.8, 4) is 0 Å². The molecule has 0 aliphatic carbocycles. The van der Waals surface area contributed by atoms with E-state index in [1.807, 2.05) is 38.1 Å². The molecule has 0 radical (unpaired) electrons. The van der Waals surface area contributed by atoms with Crippen molar-refractivity contribution in [2.75, 3.05) is 23.8 Å². The number of aromatic amines is 1. The zero-order valence-corrected chi connectivity index (χ0v) is 18.8. The summed E-state index contributed by atoms with van der Waals surface area (Å²) < 4.78 is 6.48. The summed E-state index contributed by atoms with van der Waals surface area (Å²) in [5, 5.41) is 1.85. The SMILES string of the molecule is CCCCN(C(=O)COC(=O)c1ccc2ccccc2c1)c1c(N)n(CCC)c(=O)[nH]c1=O. The van der Waals surface area contributed by atoms with Crippen LogP contribution in [0.5, 0.6) is 0 Å². The van der Waals surface area contributed by atoms with E-state index in [1.165, 1.54) is 9.47 Å². The molecule has 0 bridgehead atoms. The number of rotatable bonds is 9. The standard InChI is InChI=1S/C24H28N4O5/c1-3-5-13-27(20-21(25)28(12-4-2)24(32)26-22(20)30)19(29)15-33-23(31)18-11-10-16-8-6-7-9-17(16)14-18/h6-11,14H,3-5,12-13,15,25H2,1-2H3,(H,26,30,32).